The van der Waals surface area contributed by atoms with Crippen LogP contribution in [0.5, 0.6) is 0 Å². The quantitative estimate of drug-likeness (QED) is 0.632. The van der Waals surface area contributed by atoms with Gasteiger partial charge in [-0.15, -0.1) is 6.58 Å². The highest BCUT2D eigenvalue weighted by atomic mass is 28.4. The predicted molar refractivity (Wildman–Crippen MR) is 50.9 cm³/mol. The molecule has 0 aromatic carbocycles. The fourth-order valence-corrected chi connectivity index (χ4v) is 3.76. The molecule has 1 N–H and O–H groups in total. The number of hydrogen-bond acceptors (Lipinski definition) is 1. The van der Waals surface area contributed by atoms with Gasteiger partial charge in [-0.2, -0.15) is 0 Å². The van der Waals surface area contributed by atoms with E-state index in [0.29, 0.717) is 5.54 Å². The Bertz CT molecular complexity index is 136. The van der Waals surface area contributed by atoms with Gasteiger partial charge in [-0.3, -0.25) is 0 Å². The summed E-state index contributed by atoms with van der Waals surface area (Å²) in [7, 11) is -2.01. The molecule has 1 aliphatic carbocycles. The second kappa shape index (κ2) is 3.54. The summed E-state index contributed by atoms with van der Waals surface area (Å²) in [5, 5.41) is 0. The maximum Gasteiger partial charge on any atom is 0.212 e. The predicted octanol–water partition coefficient (Wildman–Crippen LogP) is 2.61. The van der Waals surface area contributed by atoms with Crippen molar-refractivity contribution in [2.24, 2.45) is 0 Å². The summed E-state index contributed by atoms with van der Waals surface area (Å²) in [4.78, 5) is 9.97. The molecule has 0 radical (unpaired) electrons. The Morgan fingerprint density at radius 2 is 1.91 bits per heavy atom. The minimum Gasteiger partial charge on any atom is -0.428 e. The van der Waals surface area contributed by atoms with Crippen LogP contribution in [0, 0.1) is 0 Å². The first-order valence-corrected chi connectivity index (χ1v) is 7.13. The lowest BCUT2D eigenvalue weighted by atomic mass is 10.0. The SMILES string of the molecule is C=C[Si](C)(O)C1CCCCC1. The summed E-state index contributed by atoms with van der Waals surface area (Å²) in [6.45, 7) is 5.73. The van der Waals surface area contributed by atoms with Crippen molar-refractivity contribution in [3.05, 3.63) is 12.3 Å². The van der Waals surface area contributed by atoms with Gasteiger partial charge in [0.25, 0.3) is 0 Å². The molecule has 0 bridgehead atoms. The molecule has 1 nitrogen and oxygen atoms in total. The highest BCUT2D eigenvalue weighted by Gasteiger charge is 2.32. The highest BCUT2D eigenvalue weighted by Crippen LogP contribution is 2.35. The Balaban J connectivity index is 2.50. The largest absolute Gasteiger partial charge is 0.428 e. The van der Waals surface area contributed by atoms with Crippen molar-refractivity contribution >= 4 is 8.32 Å². The second-order valence-electron chi connectivity index (χ2n) is 3.76. The maximum atomic E-state index is 9.97. The fraction of sp³-hybridized carbons (Fsp3) is 0.778. The lowest BCUT2D eigenvalue weighted by Crippen LogP contribution is -2.35. The zero-order valence-electron chi connectivity index (χ0n) is 7.34. The van der Waals surface area contributed by atoms with Gasteiger partial charge < -0.3 is 4.80 Å². The van der Waals surface area contributed by atoms with Gasteiger partial charge in [-0.25, -0.2) is 0 Å². The van der Waals surface area contributed by atoms with E-state index in [1.165, 1.54) is 32.1 Å². The molecule has 0 heterocycles. The molecule has 1 unspecified atom stereocenters. The smallest absolute Gasteiger partial charge is 0.212 e. The van der Waals surface area contributed by atoms with Crippen LogP contribution in [0.25, 0.3) is 0 Å². The van der Waals surface area contributed by atoms with E-state index in [0.717, 1.165) is 0 Å². The summed E-state index contributed by atoms with van der Waals surface area (Å²) in [5.41, 5.74) is 2.41. The van der Waals surface area contributed by atoms with Crippen LogP contribution in [0.15, 0.2) is 12.3 Å². The van der Waals surface area contributed by atoms with Crippen molar-refractivity contribution in [2.45, 2.75) is 44.2 Å². The Kier molecular flexibility index (Phi) is 2.90. The number of rotatable bonds is 2. The molecule has 64 valence electrons. The van der Waals surface area contributed by atoms with E-state index >= 15 is 0 Å². The van der Waals surface area contributed by atoms with Crippen LogP contribution in [-0.4, -0.2) is 13.1 Å². The minimum absolute atomic E-state index is 0.591. The van der Waals surface area contributed by atoms with Crippen molar-refractivity contribution < 1.29 is 4.80 Å². The van der Waals surface area contributed by atoms with E-state index in [2.05, 4.69) is 6.58 Å². The Labute approximate surface area is 70.3 Å². The standard InChI is InChI=1S/C9H18OSi/c1-3-11(2,10)9-7-5-4-6-8-9/h3,9-10H,1,4-8H2,2H3. The van der Waals surface area contributed by atoms with Gasteiger partial charge in [0.15, 0.2) is 0 Å². The van der Waals surface area contributed by atoms with Crippen molar-refractivity contribution in [2.75, 3.05) is 0 Å². The van der Waals surface area contributed by atoms with Crippen LogP contribution in [0.1, 0.15) is 32.1 Å². The summed E-state index contributed by atoms with van der Waals surface area (Å²) in [5.74, 6) is 0. The van der Waals surface area contributed by atoms with Gasteiger partial charge in [-0.1, -0.05) is 37.8 Å². The van der Waals surface area contributed by atoms with Gasteiger partial charge in [0.1, 0.15) is 0 Å². The van der Waals surface area contributed by atoms with Crippen LogP contribution in [-0.2, 0) is 0 Å². The number of hydrogen-bond donors (Lipinski definition) is 1. The Morgan fingerprint density at radius 1 is 1.36 bits per heavy atom. The molecule has 1 rings (SSSR count). The molecule has 0 aromatic rings. The topological polar surface area (TPSA) is 20.2 Å². The van der Waals surface area contributed by atoms with Crippen LogP contribution in [0.2, 0.25) is 12.1 Å². The lowest BCUT2D eigenvalue weighted by molar-refractivity contribution is 0.440. The molecule has 1 fully saturated rings. The molecule has 2 heteroatoms. The van der Waals surface area contributed by atoms with Crippen LogP contribution in [0.4, 0.5) is 0 Å². The highest BCUT2D eigenvalue weighted by molar-refractivity contribution is 6.77. The van der Waals surface area contributed by atoms with Crippen LogP contribution >= 0.6 is 0 Å². The summed E-state index contributed by atoms with van der Waals surface area (Å²) in [6.07, 6.45) is 6.43. The first-order valence-electron chi connectivity index (χ1n) is 4.53. The summed E-state index contributed by atoms with van der Waals surface area (Å²) < 4.78 is 0. The third-order valence-corrected chi connectivity index (χ3v) is 5.90. The molecule has 0 amide bonds. The average Bonchev–Trinajstić information content (AvgIpc) is 2.06. The first-order chi connectivity index (χ1) is 5.17. The molecule has 1 aliphatic rings. The van der Waals surface area contributed by atoms with E-state index in [-0.39, 0.29) is 0 Å². The lowest BCUT2D eigenvalue weighted by Gasteiger charge is -2.30. The molecule has 0 aromatic heterocycles. The van der Waals surface area contributed by atoms with Gasteiger partial charge in [0.2, 0.25) is 8.32 Å². The third kappa shape index (κ3) is 2.17. The van der Waals surface area contributed by atoms with Gasteiger partial charge in [-0.05, 0) is 12.1 Å². The second-order valence-corrected chi connectivity index (χ2v) is 7.44. The Hall–Kier alpha value is -0.0831. The van der Waals surface area contributed by atoms with E-state index in [1.54, 1.807) is 0 Å². The molecule has 0 saturated heterocycles. The van der Waals surface area contributed by atoms with Crippen LogP contribution in [0.3, 0.4) is 0 Å². The maximum absolute atomic E-state index is 9.97. The van der Waals surface area contributed by atoms with Gasteiger partial charge in [0, 0.05) is 0 Å². The van der Waals surface area contributed by atoms with Crippen molar-refractivity contribution in [3.8, 4) is 0 Å². The molecule has 0 spiro atoms. The van der Waals surface area contributed by atoms with Crippen molar-refractivity contribution in [1.29, 1.82) is 0 Å². The average molecular weight is 170 g/mol. The third-order valence-electron chi connectivity index (χ3n) is 2.84. The molecule has 11 heavy (non-hydrogen) atoms. The molecule has 1 saturated carbocycles. The zero-order valence-corrected chi connectivity index (χ0v) is 8.34. The Morgan fingerprint density at radius 3 is 2.36 bits per heavy atom. The zero-order chi connectivity index (χ0) is 8.32. The van der Waals surface area contributed by atoms with E-state index < -0.39 is 8.32 Å². The normalized spacial score (nSPS) is 26.0. The summed E-state index contributed by atoms with van der Waals surface area (Å²) >= 11 is 0. The molecular weight excluding hydrogens is 152 g/mol. The summed E-state index contributed by atoms with van der Waals surface area (Å²) in [6, 6.07) is 0. The monoisotopic (exact) mass is 170 g/mol. The van der Waals surface area contributed by atoms with Crippen molar-refractivity contribution in [1.82, 2.24) is 0 Å². The minimum atomic E-state index is -2.01. The molecular formula is C9H18OSi. The molecule has 0 aliphatic heterocycles. The first kappa shape index (κ1) is 9.01. The van der Waals surface area contributed by atoms with E-state index in [4.69, 9.17) is 0 Å². The van der Waals surface area contributed by atoms with Crippen molar-refractivity contribution in [3.63, 3.8) is 0 Å². The van der Waals surface area contributed by atoms with Gasteiger partial charge in [0.05, 0.1) is 0 Å². The molecule has 1 atom stereocenters. The van der Waals surface area contributed by atoms with Crippen LogP contribution < -0.4 is 0 Å². The van der Waals surface area contributed by atoms with E-state index in [9.17, 15) is 4.80 Å². The fourth-order valence-electron chi connectivity index (χ4n) is 1.85. The van der Waals surface area contributed by atoms with E-state index in [1.807, 2.05) is 12.2 Å². The van der Waals surface area contributed by atoms with Gasteiger partial charge >= 0.3 is 0 Å².